The molecule has 0 spiro atoms. The number of ether oxygens (including phenoxy) is 1. The summed E-state index contributed by atoms with van der Waals surface area (Å²) in [7, 11) is 0. The van der Waals surface area contributed by atoms with Gasteiger partial charge in [0, 0.05) is 18.2 Å². The Bertz CT molecular complexity index is 662. The Labute approximate surface area is 112 Å². The quantitative estimate of drug-likeness (QED) is 0.772. The van der Waals surface area contributed by atoms with Crippen molar-refractivity contribution in [3.63, 3.8) is 0 Å². The maximum absolute atomic E-state index is 12.5. The minimum absolute atomic E-state index is 0.0211. The minimum Gasteiger partial charge on any atom is -0.493 e. The zero-order valence-corrected chi connectivity index (χ0v) is 11.1. The number of aryl methyl sites for hydroxylation is 2. The number of carbonyl (C=O) groups excluding carboxylic acids is 1. The third-order valence-electron chi connectivity index (χ3n) is 3.38. The zero-order chi connectivity index (χ0) is 13.4. The summed E-state index contributed by atoms with van der Waals surface area (Å²) in [6.07, 6.45) is 2.60. The Morgan fingerprint density at radius 1 is 1.26 bits per heavy atom. The van der Waals surface area contributed by atoms with E-state index in [9.17, 15) is 4.79 Å². The fourth-order valence-corrected chi connectivity index (χ4v) is 2.42. The van der Waals surface area contributed by atoms with Crippen molar-refractivity contribution in [1.82, 2.24) is 4.98 Å². The lowest BCUT2D eigenvalue weighted by molar-refractivity contribution is 0.103. The van der Waals surface area contributed by atoms with Crippen LogP contribution in [0.4, 0.5) is 0 Å². The molecule has 2 heterocycles. The van der Waals surface area contributed by atoms with Crippen LogP contribution in [0, 0.1) is 13.8 Å². The third-order valence-corrected chi connectivity index (χ3v) is 3.38. The van der Waals surface area contributed by atoms with E-state index in [0.717, 1.165) is 28.9 Å². The standard InChI is InChI=1S/C16H15NO2/c1-10-7-11(2)15(17-9-10)16(18)13-3-4-14-12(8-13)5-6-19-14/h3-4,7-9H,5-6H2,1-2H3. The van der Waals surface area contributed by atoms with Gasteiger partial charge in [-0.1, -0.05) is 6.07 Å². The fraction of sp³-hybridized carbons (Fsp3) is 0.250. The van der Waals surface area contributed by atoms with Crippen molar-refractivity contribution in [3.05, 3.63) is 58.4 Å². The van der Waals surface area contributed by atoms with Gasteiger partial charge >= 0.3 is 0 Å². The number of carbonyl (C=O) groups is 1. The van der Waals surface area contributed by atoms with Gasteiger partial charge in [-0.05, 0) is 48.7 Å². The molecule has 1 aliphatic rings. The Morgan fingerprint density at radius 3 is 2.89 bits per heavy atom. The smallest absolute Gasteiger partial charge is 0.211 e. The van der Waals surface area contributed by atoms with Crippen molar-refractivity contribution in [1.29, 1.82) is 0 Å². The van der Waals surface area contributed by atoms with Crippen molar-refractivity contribution < 1.29 is 9.53 Å². The van der Waals surface area contributed by atoms with Crippen LogP contribution in [-0.4, -0.2) is 17.4 Å². The molecule has 1 aromatic carbocycles. The molecule has 0 unspecified atom stereocenters. The van der Waals surface area contributed by atoms with E-state index in [0.29, 0.717) is 17.9 Å². The first-order valence-electron chi connectivity index (χ1n) is 6.39. The zero-order valence-electron chi connectivity index (χ0n) is 11.1. The number of fused-ring (bicyclic) bond motifs is 1. The Kier molecular flexibility index (Phi) is 2.82. The summed E-state index contributed by atoms with van der Waals surface area (Å²) in [6, 6.07) is 7.59. The first kappa shape index (κ1) is 11.9. The fourth-order valence-electron chi connectivity index (χ4n) is 2.42. The highest BCUT2D eigenvalue weighted by Crippen LogP contribution is 2.27. The summed E-state index contributed by atoms with van der Waals surface area (Å²) < 4.78 is 5.45. The van der Waals surface area contributed by atoms with E-state index in [2.05, 4.69) is 4.98 Å². The minimum atomic E-state index is -0.0211. The molecule has 0 saturated heterocycles. The van der Waals surface area contributed by atoms with Crippen LogP contribution in [0.1, 0.15) is 32.7 Å². The monoisotopic (exact) mass is 253 g/mol. The van der Waals surface area contributed by atoms with Gasteiger partial charge in [0.1, 0.15) is 11.4 Å². The number of rotatable bonds is 2. The number of aromatic nitrogens is 1. The second-order valence-corrected chi connectivity index (χ2v) is 4.93. The molecule has 96 valence electrons. The maximum Gasteiger partial charge on any atom is 0.211 e. The predicted molar refractivity (Wildman–Crippen MR) is 72.8 cm³/mol. The van der Waals surface area contributed by atoms with Gasteiger partial charge in [0.2, 0.25) is 5.78 Å². The van der Waals surface area contributed by atoms with Crippen molar-refractivity contribution in [3.8, 4) is 5.75 Å². The van der Waals surface area contributed by atoms with E-state index in [1.165, 1.54) is 0 Å². The summed E-state index contributed by atoms with van der Waals surface area (Å²) in [6.45, 7) is 4.60. The molecule has 0 fully saturated rings. The lowest BCUT2D eigenvalue weighted by Gasteiger charge is -2.06. The van der Waals surface area contributed by atoms with Crippen LogP contribution in [-0.2, 0) is 6.42 Å². The molecular formula is C16H15NO2. The molecule has 19 heavy (non-hydrogen) atoms. The molecule has 0 saturated carbocycles. The first-order valence-corrected chi connectivity index (χ1v) is 6.39. The second kappa shape index (κ2) is 4.50. The molecule has 0 radical (unpaired) electrons. The lowest BCUT2D eigenvalue weighted by atomic mass is 10.0. The van der Waals surface area contributed by atoms with E-state index >= 15 is 0 Å². The topological polar surface area (TPSA) is 39.2 Å². The van der Waals surface area contributed by atoms with Crippen LogP contribution in [0.2, 0.25) is 0 Å². The summed E-state index contributed by atoms with van der Waals surface area (Å²) in [5.41, 5.74) is 4.31. The van der Waals surface area contributed by atoms with Crippen molar-refractivity contribution in [2.75, 3.05) is 6.61 Å². The van der Waals surface area contributed by atoms with Crippen LogP contribution < -0.4 is 4.74 Å². The van der Waals surface area contributed by atoms with E-state index in [-0.39, 0.29) is 5.78 Å². The molecule has 0 amide bonds. The molecule has 0 atom stereocenters. The normalized spacial score (nSPS) is 12.9. The van der Waals surface area contributed by atoms with Crippen molar-refractivity contribution in [2.24, 2.45) is 0 Å². The highest BCUT2D eigenvalue weighted by atomic mass is 16.5. The van der Waals surface area contributed by atoms with Crippen LogP contribution in [0.5, 0.6) is 5.75 Å². The molecule has 0 N–H and O–H groups in total. The number of ketones is 1. The van der Waals surface area contributed by atoms with Gasteiger partial charge in [-0.15, -0.1) is 0 Å². The molecule has 0 bridgehead atoms. The number of nitrogens with zero attached hydrogens (tertiary/aromatic N) is 1. The summed E-state index contributed by atoms with van der Waals surface area (Å²) in [5, 5.41) is 0. The summed E-state index contributed by atoms with van der Waals surface area (Å²) in [5.74, 6) is 0.873. The average molecular weight is 253 g/mol. The SMILES string of the molecule is Cc1cnc(C(=O)c2ccc3c(c2)CCO3)c(C)c1. The summed E-state index contributed by atoms with van der Waals surface area (Å²) in [4.78, 5) is 16.7. The van der Waals surface area contributed by atoms with E-state index in [1.807, 2.05) is 38.1 Å². The number of pyridine rings is 1. The van der Waals surface area contributed by atoms with Crippen LogP contribution in [0.25, 0.3) is 0 Å². The molecular weight excluding hydrogens is 238 g/mol. The van der Waals surface area contributed by atoms with Crippen LogP contribution in [0.15, 0.2) is 30.5 Å². The van der Waals surface area contributed by atoms with Gasteiger partial charge in [0.15, 0.2) is 0 Å². The largest absolute Gasteiger partial charge is 0.493 e. The second-order valence-electron chi connectivity index (χ2n) is 4.93. The van der Waals surface area contributed by atoms with Gasteiger partial charge in [0.25, 0.3) is 0 Å². The van der Waals surface area contributed by atoms with Gasteiger partial charge in [-0.25, -0.2) is 0 Å². The Hall–Kier alpha value is -2.16. The van der Waals surface area contributed by atoms with Crippen LogP contribution in [0.3, 0.4) is 0 Å². The number of hydrogen-bond donors (Lipinski definition) is 0. The van der Waals surface area contributed by atoms with Gasteiger partial charge < -0.3 is 4.74 Å². The molecule has 3 heteroatoms. The third kappa shape index (κ3) is 2.12. The highest BCUT2D eigenvalue weighted by Gasteiger charge is 2.18. The molecule has 1 aliphatic heterocycles. The molecule has 3 rings (SSSR count). The van der Waals surface area contributed by atoms with E-state index in [4.69, 9.17) is 4.74 Å². The molecule has 1 aromatic heterocycles. The predicted octanol–water partition coefficient (Wildman–Crippen LogP) is 2.86. The van der Waals surface area contributed by atoms with Crippen LogP contribution >= 0.6 is 0 Å². The number of benzene rings is 1. The van der Waals surface area contributed by atoms with Crippen molar-refractivity contribution >= 4 is 5.78 Å². The van der Waals surface area contributed by atoms with Gasteiger partial charge in [-0.2, -0.15) is 0 Å². The van der Waals surface area contributed by atoms with E-state index < -0.39 is 0 Å². The maximum atomic E-state index is 12.5. The number of hydrogen-bond acceptors (Lipinski definition) is 3. The van der Waals surface area contributed by atoms with Crippen molar-refractivity contribution in [2.45, 2.75) is 20.3 Å². The molecule has 2 aromatic rings. The molecule has 0 aliphatic carbocycles. The Balaban J connectivity index is 2.00. The Morgan fingerprint density at radius 2 is 2.11 bits per heavy atom. The highest BCUT2D eigenvalue weighted by molar-refractivity contribution is 6.08. The summed E-state index contributed by atoms with van der Waals surface area (Å²) >= 11 is 0. The average Bonchev–Trinajstić information content (AvgIpc) is 2.85. The van der Waals surface area contributed by atoms with Gasteiger partial charge in [0.05, 0.1) is 6.61 Å². The lowest BCUT2D eigenvalue weighted by Crippen LogP contribution is -2.07. The first-order chi connectivity index (χ1) is 9.15. The van der Waals surface area contributed by atoms with E-state index in [1.54, 1.807) is 6.20 Å². The molecule has 3 nitrogen and oxygen atoms in total. The van der Waals surface area contributed by atoms with Gasteiger partial charge in [-0.3, -0.25) is 9.78 Å².